The molecule has 25 heavy (non-hydrogen) atoms. The maximum absolute atomic E-state index is 10.4. The van der Waals surface area contributed by atoms with Gasteiger partial charge in [0.25, 0.3) is 0 Å². The van der Waals surface area contributed by atoms with Gasteiger partial charge in [-0.25, -0.2) is 0 Å². The van der Waals surface area contributed by atoms with Gasteiger partial charge in [0.15, 0.2) is 0 Å². The van der Waals surface area contributed by atoms with Gasteiger partial charge < -0.3 is 25.2 Å². The van der Waals surface area contributed by atoms with Gasteiger partial charge in [-0.2, -0.15) is 0 Å². The first kappa shape index (κ1) is 18.0. The van der Waals surface area contributed by atoms with Crippen LogP contribution < -0.4 is 0 Å². The fraction of sp³-hybridized carbons (Fsp3) is 0.400. The molecule has 0 radical (unpaired) electrons. The molecule has 0 aliphatic carbocycles. The summed E-state index contributed by atoms with van der Waals surface area (Å²) in [6, 6.07) is 13.8. The Bertz CT molecular complexity index is 725. The smallest absolute Gasteiger partial charge is 0.113 e. The third-order valence-electron chi connectivity index (χ3n) is 4.94. The van der Waals surface area contributed by atoms with E-state index in [1.807, 2.05) is 56.3 Å². The van der Waals surface area contributed by atoms with Gasteiger partial charge in [-0.15, -0.1) is 0 Å². The predicted molar refractivity (Wildman–Crippen MR) is 94.1 cm³/mol. The van der Waals surface area contributed by atoms with Gasteiger partial charge in [-0.05, 0) is 36.1 Å². The quantitative estimate of drug-likeness (QED) is 0.677. The van der Waals surface area contributed by atoms with Crippen molar-refractivity contribution in [2.75, 3.05) is 6.61 Å². The largest absolute Gasteiger partial charge is 0.394 e. The molecule has 1 heterocycles. The van der Waals surface area contributed by atoms with Gasteiger partial charge >= 0.3 is 0 Å². The van der Waals surface area contributed by atoms with Crippen LogP contribution in [0.2, 0.25) is 0 Å². The highest BCUT2D eigenvalue weighted by molar-refractivity contribution is 5.69. The molecule has 0 bridgehead atoms. The van der Waals surface area contributed by atoms with Crippen molar-refractivity contribution in [3.63, 3.8) is 0 Å². The standard InChI is InChI=1S/C20H24O5/c1-11-6-8-13(9-7-11)14-4-3-5-15(12(14)2)20-19(24)18(23)17(22)16(10-21)25-20/h3-9,16-24H,10H2,1-2H3/t16?,17-,18?,19?,20-/m1/s1. The molecule has 0 saturated carbocycles. The normalized spacial score (nSPS) is 29.6. The zero-order valence-electron chi connectivity index (χ0n) is 14.3. The van der Waals surface area contributed by atoms with Crippen molar-refractivity contribution < 1.29 is 25.2 Å². The molecule has 3 unspecified atom stereocenters. The average Bonchev–Trinajstić information content (AvgIpc) is 2.62. The molecule has 5 atom stereocenters. The first-order valence-electron chi connectivity index (χ1n) is 8.41. The molecule has 0 amide bonds. The van der Waals surface area contributed by atoms with Crippen LogP contribution in [0.25, 0.3) is 11.1 Å². The molecule has 5 heteroatoms. The lowest BCUT2D eigenvalue weighted by atomic mass is 9.87. The summed E-state index contributed by atoms with van der Waals surface area (Å²) in [7, 11) is 0. The summed E-state index contributed by atoms with van der Waals surface area (Å²) in [5.41, 5.74) is 4.89. The maximum Gasteiger partial charge on any atom is 0.113 e. The molecular formula is C20H24O5. The molecule has 0 aromatic heterocycles. The van der Waals surface area contributed by atoms with Crippen molar-refractivity contribution in [2.24, 2.45) is 0 Å². The maximum atomic E-state index is 10.4. The second-order valence-corrected chi connectivity index (χ2v) is 6.64. The Hall–Kier alpha value is -1.76. The Kier molecular flexibility index (Phi) is 5.22. The van der Waals surface area contributed by atoms with Crippen LogP contribution in [0.4, 0.5) is 0 Å². The first-order chi connectivity index (χ1) is 11.9. The molecule has 4 N–H and O–H groups in total. The number of rotatable bonds is 3. The van der Waals surface area contributed by atoms with Gasteiger partial charge in [0.1, 0.15) is 30.5 Å². The molecule has 134 valence electrons. The molecule has 3 rings (SSSR count). The highest BCUT2D eigenvalue weighted by Crippen LogP contribution is 2.37. The zero-order chi connectivity index (χ0) is 18.1. The Labute approximate surface area is 147 Å². The van der Waals surface area contributed by atoms with Crippen molar-refractivity contribution in [2.45, 2.75) is 44.4 Å². The fourth-order valence-electron chi connectivity index (χ4n) is 3.37. The molecule has 2 aromatic carbocycles. The first-order valence-corrected chi connectivity index (χ1v) is 8.41. The van der Waals surface area contributed by atoms with Crippen LogP contribution in [-0.2, 0) is 4.74 Å². The number of ether oxygens (including phenoxy) is 1. The summed E-state index contributed by atoms with van der Waals surface area (Å²) >= 11 is 0. The van der Waals surface area contributed by atoms with Crippen LogP contribution in [0.15, 0.2) is 42.5 Å². The second-order valence-electron chi connectivity index (χ2n) is 6.64. The topological polar surface area (TPSA) is 90.2 Å². The summed E-state index contributed by atoms with van der Waals surface area (Å²) in [4.78, 5) is 0. The van der Waals surface area contributed by atoms with Crippen molar-refractivity contribution >= 4 is 0 Å². The number of hydrogen-bond donors (Lipinski definition) is 4. The predicted octanol–water partition coefficient (Wildman–Crippen LogP) is 1.49. The Balaban J connectivity index is 2.00. The summed E-state index contributed by atoms with van der Waals surface area (Å²) in [6.45, 7) is 3.53. The van der Waals surface area contributed by atoms with E-state index in [4.69, 9.17) is 4.74 Å². The van der Waals surface area contributed by atoms with E-state index in [0.717, 1.165) is 22.3 Å². The molecule has 2 aromatic rings. The van der Waals surface area contributed by atoms with E-state index in [1.165, 1.54) is 5.56 Å². The minimum absolute atomic E-state index is 0.432. The average molecular weight is 344 g/mol. The Morgan fingerprint density at radius 1 is 0.880 bits per heavy atom. The van der Waals surface area contributed by atoms with Crippen LogP contribution in [0, 0.1) is 13.8 Å². The monoisotopic (exact) mass is 344 g/mol. The molecule has 1 aliphatic heterocycles. The Morgan fingerprint density at radius 3 is 2.20 bits per heavy atom. The molecule has 5 nitrogen and oxygen atoms in total. The Morgan fingerprint density at radius 2 is 1.56 bits per heavy atom. The highest BCUT2D eigenvalue weighted by Gasteiger charge is 2.44. The number of benzene rings is 2. The zero-order valence-corrected chi connectivity index (χ0v) is 14.3. The summed E-state index contributed by atoms with van der Waals surface area (Å²) in [6.07, 6.45) is -5.73. The van der Waals surface area contributed by atoms with E-state index in [0.29, 0.717) is 0 Å². The minimum Gasteiger partial charge on any atom is -0.394 e. The molecule has 0 spiro atoms. The third-order valence-corrected chi connectivity index (χ3v) is 4.94. The highest BCUT2D eigenvalue weighted by atomic mass is 16.5. The molecule has 1 fully saturated rings. The van der Waals surface area contributed by atoms with Gasteiger partial charge in [0, 0.05) is 0 Å². The van der Waals surface area contributed by atoms with Crippen LogP contribution in [0.1, 0.15) is 22.8 Å². The number of aryl methyl sites for hydroxylation is 1. The van der Waals surface area contributed by atoms with E-state index >= 15 is 0 Å². The SMILES string of the molecule is Cc1ccc(-c2cccc([C@H]3OC(CO)[C@@H](O)C(O)C3O)c2C)cc1. The number of aliphatic hydroxyl groups excluding tert-OH is 4. The number of hydrogen-bond acceptors (Lipinski definition) is 5. The van der Waals surface area contributed by atoms with Crippen LogP contribution in [0.5, 0.6) is 0 Å². The lowest BCUT2D eigenvalue weighted by molar-refractivity contribution is -0.231. The van der Waals surface area contributed by atoms with E-state index in [-0.39, 0.29) is 0 Å². The number of aliphatic hydroxyl groups is 4. The molecule has 1 saturated heterocycles. The van der Waals surface area contributed by atoms with E-state index in [2.05, 4.69) is 0 Å². The van der Waals surface area contributed by atoms with E-state index in [9.17, 15) is 20.4 Å². The van der Waals surface area contributed by atoms with Crippen LogP contribution >= 0.6 is 0 Å². The van der Waals surface area contributed by atoms with Gasteiger partial charge in [-0.1, -0.05) is 48.0 Å². The van der Waals surface area contributed by atoms with E-state index < -0.39 is 37.1 Å². The summed E-state index contributed by atoms with van der Waals surface area (Å²) in [5.74, 6) is 0. The molecule has 1 aliphatic rings. The van der Waals surface area contributed by atoms with Crippen molar-refractivity contribution in [3.8, 4) is 11.1 Å². The van der Waals surface area contributed by atoms with E-state index in [1.54, 1.807) is 0 Å². The second kappa shape index (κ2) is 7.23. The van der Waals surface area contributed by atoms with Crippen LogP contribution in [-0.4, -0.2) is 51.4 Å². The third kappa shape index (κ3) is 3.34. The van der Waals surface area contributed by atoms with Crippen molar-refractivity contribution in [1.82, 2.24) is 0 Å². The summed E-state index contributed by atoms with van der Waals surface area (Å²) in [5, 5.41) is 39.8. The van der Waals surface area contributed by atoms with Crippen molar-refractivity contribution in [1.29, 1.82) is 0 Å². The lowest BCUT2D eigenvalue weighted by Gasteiger charge is -2.40. The minimum atomic E-state index is -1.38. The lowest BCUT2D eigenvalue weighted by Crippen LogP contribution is -2.55. The fourth-order valence-corrected chi connectivity index (χ4v) is 3.37. The van der Waals surface area contributed by atoms with Crippen molar-refractivity contribution in [3.05, 3.63) is 59.2 Å². The molecular weight excluding hydrogens is 320 g/mol. The van der Waals surface area contributed by atoms with Gasteiger partial charge in [0.2, 0.25) is 0 Å². The van der Waals surface area contributed by atoms with Gasteiger partial charge in [0.05, 0.1) is 6.61 Å². The van der Waals surface area contributed by atoms with Crippen LogP contribution in [0.3, 0.4) is 0 Å². The summed E-state index contributed by atoms with van der Waals surface area (Å²) < 4.78 is 5.70. The van der Waals surface area contributed by atoms with Gasteiger partial charge in [-0.3, -0.25) is 0 Å².